The summed E-state index contributed by atoms with van der Waals surface area (Å²) in [6.45, 7) is 7.87. The first-order valence-electron chi connectivity index (χ1n) is 8.56. The predicted octanol–water partition coefficient (Wildman–Crippen LogP) is 3.40. The molecule has 1 aliphatic heterocycles. The summed E-state index contributed by atoms with van der Waals surface area (Å²) in [6, 6.07) is 2.15. The molecule has 2 heterocycles. The number of nitrogens with one attached hydrogen (secondary N) is 1. The molecule has 22 heavy (non-hydrogen) atoms. The van der Waals surface area contributed by atoms with Gasteiger partial charge >= 0.3 is 0 Å². The smallest absolute Gasteiger partial charge is 0.272 e. The molecule has 1 aromatic rings. The van der Waals surface area contributed by atoms with Crippen LogP contribution in [0.15, 0.2) is 6.07 Å². The molecule has 1 amide bonds. The Morgan fingerprint density at radius 1 is 1.36 bits per heavy atom. The number of aryl methyl sites for hydroxylation is 1. The Morgan fingerprint density at radius 2 is 2.18 bits per heavy atom. The van der Waals surface area contributed by atoms with Crippen molar-refractivity contribution in [3.05, 3.63) is 17.6 Å². The lowest BCUT2D eigenvalue weighted by Crippen LogP contribution is -2.43. The van der Waals surface area contributed by atoms with E-state index in [9.17, 15) is 4.79 Å². The summed E-state index contributed by atoms with van der Waals surface area (Å²) in [5.74, 6) is 1.46. The fraction of sp³-hybridized carbons (Fsp3) is 0.706. The number of hydrogen-bond acceptors (Lipinski definition) is 4. The van der Waals surface area contributed by atoms with Gasteiger partial charge in [0.15, 0.2) is 0 Å². The van der Waals surface area contributed by atoms with E-state index >= 15 is 0 Å². The van der Waals surface area contributed by atoms with E-state index in [0.717, 1.165) is 51.0 Å². The molecule has 1 N–H and O–H groups in total. The zero-order chi connectivity index (χ0) is 15.9. The number of nitrogens with zero attached hydrogens (tertiary/aromatic N) is 3. The molecule has 0 bridgehead atoms. The number of carbonyl (C=O) groups excluding carboxylic acids is 1. The van der Waals surface area contributed by atoms with Gasteiger partial charge in [-0.3, -0.25) is 4.79 Å². The van der Waals surface area contributed by atoms with E-state index in [2.05, 4.69) is 29.1 Å². The highest BCUT2D eigenvalue weighted by atomic mass is 16.2. The van der Waals surface area contributed by atoms with E-state index < -0.39 is 0 Å². The van der Waals surface area contributed by atoms with Crippen LogP contribution in [0.1, 0.15) is 68.7 Å². The van der Waals surface area contributed by atoms with Gasteiger partial charge in [-0.2, -0.15) is 0 Å². The van der Waals surface area contributed by atoms with Crippen LogP contribution in [-0.4, -0.2) is 39.9 Å². The number of carbonyl (C=O) groups is 1. The fourth-order valence-corrected chi connectivity index (χ4v) is 3.00. The Kier molecular flexibility index (Phi) is 6.16. The topological polar surface area (TPSA) is 58.1 Å². The van der Waals surface area contributed by atoms with Crippen molar-refractivity contribution < 1.29 is 4.79 Å². The summed E-state index contributed by atoms with van der Waals surface area (Å²) in [4.78, 5) is 23.6. The highest BCUT2D eigenvalue weighted by molar-refractivity contribution is 5.93. The number of unbranched alkanes of at least 4 members (excludes halogenated alkanes) is 1. The summed E-state index contributed by atoms with van der Waals surface area (Å²) >= 11 is 0. The maximum absolute atomic E-state index is 12.8. The largest absolute Gasteiger partial charge is 0.370 e. The first-order valence-corrected chi connectivity index (χ1v) is 8.56. The molecule has 2 rings (SSSR count). The lowest BCUT2D eigenvalue weighted by Gasteiger charge is -2.35. The van der Waals surface area contributed by atoms with Crippen LogP contribution in [0.25, 0.3) is 0 Å². The van der Waals surface area contributed by atoms with Gasteiger partial charge in [0.1, 0.15) is 17.3 Å². The number of rotatable bonds is 6. The first-order chi connectivity index (χ1) is 10.7. The summed E-state index contributed by atoms with van der Waals surface area (Å²) < 4.78 is 0. The van der Waals surface area contributed by atoms with E-state index in [-0.39, 0.29) is 5.91 Å². The molecule has 1 unspecified atom stereocenters. The van der Waals surface area contributed by atoms with E-state index in [1.807, 2.05) is 11.8 Å². The van der Waals surface area contributed by atoms with Crippen LogP contribution in [-0.2, 0) is 0 Å². The molecular weight excluding hydrogens is 276 g/mol. The molecule has 0 aromatic carbocycles. The van der Waals surface area contributed by atoms with Crippen molar-refractivity contribution in [1.29, 1.82) is 0 Å². The van der Waals surface area contributed by atoms with Crippen LogP contribution in [0, 0.1) is 6.92 Å². The molecule has 1 fully saturated rings. The van der Waals surface area contributed by atoms with Gasteiger partial charge < -0.3 is 10.2 Å². The third-order valence-electron chi connectivity index (χ3n) is 4.25. The van der Waals surface area contributed by atoms with Crippen molar-refractivity contribution in [3.8, 4) is 0 Å². The average Bonchev–Trinajstić information content (AvgIpc) is 2.54. The number of likely N-dealkylation sites (tertiary alicyclic amines) is 1. The highest BCUT2D eigenvalue weighted by Crippen LogP contribution is 2.22. The van der Waals surface area contributed by atoms with Gasteiger partial charge in [-0.15, -0.1) is 0 Å². The quantitative estimate of drug-likeness (QED) is 0.818. The van der Waals surface area contributed by atoms with Gasteiger partial charge in [0.05, 0.1) is 0 Å². The first kappa shape index (κ1) is 16.7. The van der Waals surface area contributed by atoms with Gasteiger partial charge in [-0.1, -0.05) is 20.3 Å². The molecule has 0 aliphatic carbocycles. The fourth-order valence-electron chi connectivity index (χ4n) is 3.00. The van der Waals surface area contributed by atoms with Gasteiger partial charge in [0, 0.05) is 25.2 Å². The van der Waals surface area contributed by atoms with Crippen LogP contribution in [0.5, 0.6) is 0 Å². The molecule has 5 nitrogen and oxygen atoms in total. The zero-order valence-electron chi connectivity index (χ0n) is 14.1. The molecule has 0 radical (unpaired) electrons. The van der Waals surface area contributed by atoms with Crippen LogP contribution in [0.3, 0.4) is 0 Å². The molecule has 5 heteroatoms. The lowest BCUT2D eigenvalue weighted by atomic mass is 9.99. The normalized spacial score (nSPS) is 18.3. The molecule has 122 valence electrons. The number of piperidine rings is 1. The van der Waals surface area contributed by atoms with Crippen molar-refractivity contribution in [2.24, 2.45) is 0 Å². The Balaban J connectivity index is 2.14. The van der Waals surface area contributed by atoms with Crippen molar-refractivity contribution >= 4 is 11.7 Å². The van der Waals surface area contributed by atoms with Gasteiger partial charge in [0.25, 0.3) is 5.91 Å². The van der Waals surface area contributed by atoms with Crippen molar-refractivity contribution in [2.75, 3.05) is 18.4 Å². The van der Waals surface area contributed by atoms with Gasteiger partial charge in [0.2, 0.25) is 0 Å². The molecule has 0 spiro atoms. The molecule has 0 saturated carbocycles. The molecule has 1 atom stereocenters. The van der Waals surface area contributed by atoms with E-state index in [1.54, 1.807) is 6.07 Å². The van der Waals surface area contributed by atoms with Gasteiger partial charge in [-0.05, 0) is 39.0 Å². The van der Waals surface area contributed by atoms with Crippen LogP contribution < -0.4 is 5.32 Å². The van der Waals surface area contributed by atoms with Crippen molar-refractivity contribution in [3.63, 3.8) is 0 Å². The zero-order valence-corrected chi connectivity index (χ0v) is 14.1. The summed E-state index contributed by atoms with van der Waals surface area (Å²) in [7, 11) is 0. The standard InChI is InChI=1S/C17H28N4O/c1-4-6-10-18-16-12-15(19-13(3)20-16)17(22)21-11-8-7-9-14(21)5-2/h12,14H,4-11H2,1-3H3,(H,18,19,20). The van der Waals surface area contributed by atoms with Crippen molar-refractivity contribution in [1.82, 2.24) is 14.9 Å². The highest BCUT2D eigenvalue weighted by Gasteiger charge is 2.27. The minimum absolute atomic E-state index is 0.0515. The lowest BCUT2D eigenvalue weighted by molar-refractivity contribution is 0.0601. The number of hydrogen-bond donors (Lipinski definition) is 1. The van der Waals surface area contributed by atoms with Crippen LogP contribution >= 0.6 is 0 Å². The molecular formula is C17H28N4O. The third-order valence-corrected chi connectivity index (χ3v) is 4.25. The van der Waals surface area contributed by atoms with E-state index in [0.29, 0.717) is 17.6 Å². The monoisotopic (exact) mass is 304 g/mol. The Bertz CT molecular complexity index is 503. The summed E-state index contributed by atoms with van der Waals surface area (Å²) in [5.41, 5.74) is 0.520. The van der Waals surface area contributed by atoms with E-state index in [1.165, 1.54) is 6.42 Å². The number of anilines is 1. The predicted molar refractivity (Wildman–Crippen MR) is 89.1 cm³/mol. The van der Waals surface area contributed by atoms with Gasteiger partial charge in [-0.25, -0.2) is 9.97 Å². The molecule has 1 aromatic heterocycles. The molecule has 1 aliphatic rings. The Hall–Kier alpha value is -1.65. The number of amides is 1. The molecule has 1 saturated heterocycles. The minimum atomic E-state index is 0.0515. The van der Waals surface area contributed by atoms with Crippen molar-refractivity contribution in [2.45, 2.75) is 65.3 Å². The average molecular weight is 304 g/mol. The second kappa shape index (κ2) is 8.11. The summed E-state index contributed by atoms with van der Waals surface area (Å²) in [5, 5.41) is 3.29. The minimum Gasteiger partial charge on any atom is -0.370 e. The van der Waals surface area contributed by atoms with E-state index in [4.69, 9.17) is 0 Å². The SMILES string of the molecule is CCCCNc1cc(C(=O)N2CCCCC2CC)nc(C)n1. The number of aromatic nitrogens is 2. The Morgan fingerprint density at radius 3 is 2.91 bits per heavy atom. The second-order valence-electron chi connectivity index (χ2n) is 6.02. The van der Waals surface area contributed by atoms with Crippen LogP contribution in [0.4, 0.5) is 5.82 Å². The third kappa shape index (κ3) is 4.18. The second-order valence-corrected chi connectivity index (χ2v) is 6.02. The van der Waals surface area contributed by atoms with Crippen LogP contribution in [0.2, 0.25) is 0 Å². The maximum Gasteiger partial charge on any atom is 0.272 e. The Labute approximate surface area is 133 Å². The summed E-state index contributed by atoms with van der Waals surface area (Å²) in [6.07, 6.45) is 6.65. The maximum atomic E-state index is 12.8.